The van der Waals surface area contributed by atoms with Crippen molar-refractivity contribution in [2.45, 2.75) is 49.6 Å². The molecule has 1 aliphatic carbocycles. The van der Waals surface area contributed by atoms with Crippen LogP contribution in [-0.2, 0) is 17.8 Å². The third-order valence-electron chi connectivity index (χ3n) is 7.59. The van der Waals surface area contributed by atoms with E-state index in [1.54, 1.807) is 18.9 Å². The van der Waals surface area contributed by atoms with Crippen LogP contribution in [-0.4, -0.2) is 41.4 Å². The van der Waals surface area contributed by atoms with Gasteiger partial charge in [-0.25, -0.2) is 4.98 Å². The van der Waals surface area contributed by atoms with E-state index in [9.17, 15) is 4.79 Å². The minimum atomic E-state index is 0.0828. The fourth-order valence-corrected chi connectivity index (χ4v) is 6.42. The monoisotopic (exact) mass is 490 g/mol. The third-order valence-corrected chi connectivity index (χ3v) is 8.66. The Kier molecular flexibility index (Phi) is 6.24. The molecule has 0 saturated heterocycles. The van der Waals surface area contributed by atoms with E-state index in [1.165, 1.54) is 36.8 Å². The van der Waals surface area contributed by atoms with Gasteiger partial charge in [-0.3, -0.25) is 9.78 Å². The van der Waals surface area contributed by atoms with Gasteiger partial charge in [0.15, 0.2) is 0 Å². The summed E-state index contributed by atoms with van der Waals surface area (Å²) >= 11 is 1.61. The molecule has 6 rings (SSSR count). The van der Waals surface area contributed by atoms with E-state index in [-0.39, 0.29) is 5.91 Å². The minimum absolute atomic E-state index is 0.0828. The molecule has 1 atom stereocenters. The highest BCUT2D eigenvalue weighted by molar-refractivity contribution is 8.00. The van der Waals surface area contributed by atoms with E-state index in [2.05, 4.69) is 38.8 Å². The fourth-order valence-electron chi connectivity index (χ4n) is 5.64. The van der Waals surface area contributed by atoms with E-state index < -0.39 is 0 Å². The molecule has 4 heterocycles. The number of hydrogen-bond acceptors (Lipinski definition) is 7. The molecule has 0 bridgehead atoms. The predicted octanol–water partition coefficient (Wildman–Crippen LogP) is 4.58. The van der Waals surface area contributed by atoms with Gasteiger partial charge >= 0.3 is 0 Å². The van der Waals surface area contributed by atoms with Crippen LogP contribution in [0.1, 0.15) is 36.8 Å². The molecule has 1 unspecified atom stereocenters. The second-order valence-electron chi connectivity index (χ2n) is 9.76. The van der Waals surface area contributed by atoms with Gasteiger partial charge in [0.25, 0.3) is 0 Å². The van der Waals surface area contributed by atoms with Gasteiger partial charge in [0, 0.05) is 35.0 Å². The number of benzene rings is 1. The minimum Gasteiger partial charge on any atom is -0.491 e. The number of pyridine rings is 2. The number of fused-ring (bicyclic) bond motifs is 4. The highest BCUT2D eigenvalue weighted by Gasteiger charge is 2.32. The zero-order chi connectivity index (χ0) is 23.8. The number of amides is 1. The van der Waals surface area contributed by atoms with Gasteiger partial charge < -0.3 is 20.1 Å². The van der Waals surface area contributed by atoms with Crippen molar-refractivity contribution >= 4 is 34.4 Å². The molecule has 2 aliphatic heterocycles. The number of carbonyl (C=O) groups excluding carboxylic acids is 1. The number of methoxy groups -OCH3 is 1. The van der Waals surface area contributed by atoms with Crippen molar-refractivity contribution in [1.29, 1.82) is 0 Å². The normalized spacial score (nSPS) is 23.7. The first-order valence-electron chi connectivity index (χ1n) is 12.4. The van der Waals surface area contributed by atoms with E-state index >= 15 is 0 Å². The Hall–Kier alpha value is -2.84. The molecule has 1 saturated carbocycles. The molecule has 0 spiro atoms. The first-order valence-corrected chi connectivity index (χ1v) is 13.4. The Morgan fingerprint density at radius 1 is 1.17 bits per heavy atom. The van der Waals surface area contributed by atoms with Crippen LogP contribution < -0.4 is 20.1 Å². The summed E-state index contributed by atoms with van der Waals surface area (Å²) in [7, 11) is 1.64. The maximum absolute atomic E-state index is 11.7. The van der Waals surface area contributed by atoms with Crippen molar-refractivity contribution in [3.8, 4) is 11.6 Å². The Morgan fingerprint density at radius 3 is 2.91 bits per heavy atom. The standard InChI is InChI=1S/C27H30N4O3S/c1-33-26-9-7-21-27(31-26)20-11-18(14-34-23(20)13-29-21)17-3-5-19(6-4-17)28-12-16-2-8-24-22(10-16)30-25(32)15-35-24/h2,7-10,13,17-19,28H,3-6,11-12,14-15H2,1H3,(H,30,32). The topological polar surface area (TPSA) is 85.4 Å². The lowest BCUT2D eigenvalue weighted by atomic mass is 9.75. The van der Waals surface area contributed by atoms with Crippen LogP contribution in [0.15, 0.2) is 41.4 Å². The van der Waals surface area contributed by atoms with Crippen LogP contribution in [0.25, 0.3) is 11.0 Å². The van der Waals surface area contributed by atoms with E-state index in [4.69, 9.17) is 9.47 Å². The average molecular weight is 491 g/mol. The van der Waals surface area contributed by atoms with Gasteiger partial charge in [-0.2, -0.15) is 0 Å². The average Bonchev–Trinajstić information content (AvgIpc) is 2.91. The molecule has 2 aromatic heterocycles. The summed E-state index contributed by atoms with van der Waals surface area (Å²) < 4.78 is 11.5. The maximum Gasteiger partial charge on any atom is 0.234 e. The molecular weight excluding hydrogens is 460 g/mol. The fraction of sp³-hybridized carbons (Fsp3) is 0.444. The molecule has 3 aliphatic rings. The summed E-state index contributed by atoms with van der Waals surface area (Å²) in [6.45, 7) is 1.58. The number of nitrogens with zero attached hydrogens (tertiary/aromatic N) is 2. The molecule has 3 aromatic rings. The SMILES string of the molecule is COc1ccc2ncc3c(c2n1)CC(C1CCC(NCc2ccc4c(c2)NC(=O)CS4)CC1)CO3. The Labute approximate surface area is 209 Å². The number of thioether (sulfide) groups is 1. The number of ether oxygens (including phenoxy) is 2. The number of hydrogen-bond donors (Lipinski definition) is 2. The molecule has 1 amide bonds. The molecule has 35 heavy (non-hydrogen) atoms. The molecule has 0 radical (unpaired) electrons. The summed E-state index contributed by atoms with van der Waals surface area (Å²) in [5, 5.41) is 6.74. The Morgan fingerprint density at radius 2 is 2.06 bits per heavy atom. The van der Waals surface area contributed by atoms with Crippen LogP contribution in [0.3, 0.4) is 0 Å². The summed E-state index contributed by atoms with van der Waals surface area (Å²) in [5.41, 5.74) is 5.13. The lowest BCUT2D eigenvalue weighted by Crippen LogP contribution is -2.37. The van der Waals surface area contributed by atoms with E-state index in [0.29, 0.717) is 29.5 Å². The second kappa shape index (κ2) is 9.66. The van der Waals surface area contributed by atoms with Crippen LogP contribution in [0, 0.1) is 11.8 Å². The van der Waals surface area contributed by atoms with Crippen LogP contribution >= 0.6 is 11.8 Å². The molecule has 1 aromatic carbocycles. The van der Waals surface area contributed by atoms with Crippen molar-refractivity contribution in [2.75, 3.05) is 24.8 Å². The van der Waals surface area contributed by atoms with Gasteiger partial charge in [-0.05, 0) is 61.8 Å². The predicted molar refractivity (Wildman–Crippen MR) is 137 cm³/mol. The third kappa shape index (κ3) is 4.69. The summed E-state index contributed by atoms with van der Waals surface area (Å²) in [5.74, 6) is 3.23. The number of rotatable bonds is 5. The van der Waals surface area contributed by atoms with Crippen LogP contribution in [0.2, 0.25) is 0 Å². The molecule has 1 fully saturated rings. The molecule has 182 valence electrons. The van der Waals surface area contributed by atoms with Gasteiger partial charge in [-0.1, -0.05) is 6.07 Å². The van der Waals surface area contributed by atoms with Gasteiger partial charge in [-0.15, -0.1) is 11.8 Å². The van der Waals surface area contributed by atoms with Crippen molar-refractivity contribution in [3.63, 3.8) is 0 Å². The van der Waals surface area contributed by atoms with Gasteiger partial charge in [0.1, 0.15) is 5.75 Å². The number of nitrogens with one attached hydrogen (secondary N) is 2. The molecule has 7 nitrogen and oxygen atoms in total. The smallest absolute Gasteiger partial charge is 0.234 e. The van der Waals surface area contributed by atoms with Crippen LogP contribution in [0.5, 0.6) is 11.6 Å². The van der Waals surface area contributed by atoms with E-state index in [0.717, 1.165) is 46.9 Å². The van der Waals surface area contributed by atoms with Crippen molar-refractivity contribution in [1.82, 2.24) is 15.3 Å². The maximum atomic E-state index is 11.7. The summed E-state index contributed by atoms with van der Waals surface area (Å²) in [6, 6.07) is 10.8. The molecular formula is C27H30N4O3S. The van der Waals surface area contributed by atoms with Crippen LogP contribution in [0.4, 0.5) is 5.69 Å². The van der Waals surface area contributed by atoms with Gasteiger partial charge in [0.05, 0.1) is 42.4 Å². The van der Waals surface area contributed by atoms with Crippen molar-refractivity contribution < 1.29 is 14.3 Å². The summed E-state index contributed by atoms with van der Waals surface area (Å²) in [6.07, 6.45) is 7.59. The quantitative estimate of drug-likeness (QED) is 0.541. The largest absolute Gasteiger partial charge is 0.491 e. The Balaban J connectivity index is 1.06. The first kappa shape index (κ1) is 22.6. The number of aromatic nitrogens is 2. The zero-order valence-corrected chi connectivity index (χ0v) is 20.7. The van der Waals surface area contributed by atoms with Crippen molar-refractivity contribution in [3.05, 3.63) is 47.7 Å². The molecule has 8 heteroatoms. The first-order chi connectivity index (χ1) is 17.2. The highest BCUT2D eigenvalue weighted by atomic mass is 32.2. The Bertz CT molecular complexity index is 1250. The lowest BCUT2D eigenvalue weighted by molar-refractivity contribution is -0.113. The van der Waals surface area contributed by atoms with Crippen molar-refractivity contribution in [2.24, 2.45) is 11.8 Å². The highest BCUT2D eigenvalue weighted by Crippen LogP contribution is 2.39. The van der Waals surface area contributed by atoms with Gasteiger partial charge in [0.2, 0.25) is 11.8 Å². The summed E-state index contributed by atoms with van der Waals surface area (Å²) in [4.78, 5) is 22.1. The number of carbonyl (C=O) groups is 1. The second-order valence-corrected chi connectivity index (χ2v) is 10.8. The lowest BCUT2D eigenvalue weighted by Gasteiger charge is -2.36. The number of anilines is 1. The zero-order valence-electron chi connectivity index (χ0n) is 19.9. The van der Waals surface area contributed by atoms with E-state index in [1.807, 2.05) is 18.3 Å². The molecule has 2 N–H and O–H groups in total.